The minimum absolute atomic E-state index is 0.00601. The van der Waals surface area contributed by atoms with Gasteiger partial charge in [-0.15, -0.1) is 0 Å². The number of hydrogen-bond acceptors (Lipinski definition) is 5. The first-order valence-electron chi connectivity index (χ1n) is 8.84. The lowest BCUT2D eigenvalue weighted by atomic mass is 10.1. The molecule has 0 radical (unpaired) electrons. The lowest BCUT2D eigenvalue weighted by Gasteiger charge is -2.17. The molecule has 0 aliphatic heterocycles. The first kappa shape index (κ1) is 20.6. The standard InChI is InChI=1S/C21H28N2O4/c1-23(14-17-7-10-19(26-3)20(13-17)27-4)15-21(24)22-12-11-16-5-8-18(25-2)9-6-16/h5-10,13H,11-12,14-15H2,1-4H3,(H,22,24). The van der Waals surface area contributed by atoms with Gasteiger partial charge in [-0.25, -0.2) is 0 Å². The molecule has 0 bridgehead atoms. The fourth-order valence-corrected chi connectivity index (χ4v) is 2.79. The zero-order valence-electron chi connectivity index (χ0n) is 16.5. The van der Waals surface area contributed by atoms with Crippen LogP contribution in [0.5, 0.6) is 17.2 Å². The molecule has 0 fully saturated rings. The molecule has 0 aliphatic rings. The SMILES string of the molecule is COc1ccc(CCNC(=O)CN(C)Cc2ccc(OC)c(OC)c2)cc1. The van der Waals surface area contributed by atoms with Crippen LogP contribution >= 0.6 is 0 Å². The second-order valence-corrected chi connectivity index (χ2v) is 6.31. The van der Waals surface area contributed by atoms with Crippen molar-refractivity contribution in [2.24, 2.45) is 0 Å². The zero-order chi connectivity index (χ0) is 19.6. The van der Waals surface area contributed by atoms with Crippen molar-refractivity contribution in [3.8, 4) is 17.2 Å². The second kappa shape index (κ2) is 10.4. The fourth-order valence-electron chi connectivity index (χ4n) is 2.79. The summed E-state index contributed by atoms with van der Waals surface area (Å²) in [7, 11) is 6.79. The summed E-state index contributed by atoms with van der Waals surface area (Å²) < 4.78 is 15.7. The molecule has 6 heteroatoms. The summed E-state index contributed by atoms with van der Waals surface area (Å²) in [6.07, 6.45) is 0.787. The summed E-state index contributed by atoms with van der Waals surface area (Å²) in [6, 6.07) is 13.6. The van der Waals surface area contributed by atoms with Gasteiger partial charge in [-0.3, -0.25) is 9.69 Å². The number of methoxy groups -OCH3 is 3. The zero-order valence-corrected chi connectivity index (χ0v) is 16.5. The molecular formula is C21H28N2O4. The molecule has 0 aliphatic carbocycles. The molecule has 0 saturated carbocycles. The van der Waals surface area contributed by atoms with E-state index in [2.05, 4.69) is 5.32 Å². The molecule has 1 amide bonds. The van der Waals surface area contributed by atoms with E-state index in [9.17, 15) is 4.79 Å². The predicted octanol–water partition coefficient (Wildman–Crippen LogP) is 2.50. The lowest BCUT2D eigenvalue weighted by Crippen LogP contribution is -2.35. The first-order chi connectivity index (χ1) is 13.0. The molecule has 0 aromatic heterocycles. The largest absolute Gasteiger partial charge is 0.497 e. The van der Waals surface area contributed by atoms with E-state index in [0.717, 1.165) is 23.3 Å². The Morgan fingerprint density at radius 3 is 2.22 bits per heavy atom. The number of carbonyl (C=O) groups excluding carboxylic acids is 1. The maximum Gasteiger partial charge on any atom is 0.234 e. The number of nitrogens with one attached hydrogen (secondary N) is 1. The van der Waals surface area contributed by atoms with Gasteiger partial charge in [0.15, 0.2) is 11.5 Å². The van der Waals surface area contributed by atoms with Gasteiger partial charge in [-0.1, -0.05) is 18.2 Å². The van der Waals surface area contributed by atoms with Crippen LogP contribution in [0.1, 0.15) is 11.1 Å². The van der Waals surface area contributed by atoms with Crippen LogP contribution in [-0.2, 0) is 17.8 Å². The number of benzene rings is 2. The van der Waals surface area contributed by atoms with Crippen molar-refractivity contribution in [2.45, 2.75) is 13.0 Å². The first-order valence-corrected chi connectivity index (χ1v) is 8.84. The summed E-state index contributed by atoms with van der Waals surface area (Å²) >= 11 is 0. The van der Waals surface area contributed by atoms with E-state index in [4.69, 9.17) is 14.2 Å². The lowest BCUT2D eigenvalue weighted by molar-refractivity contribution is -0.122. The summed E-state index contributed by atoms with van der Waals surface area (Å²) in [6.45, 7) is 1.58. The summed E-state index contributed by atoms with van der Waals surface area (Å²) in [5, 5.41) is 2.96. The van der Waals surface area contributed by atoms with E-state index in [1.54, 1.807) is 21.3 Å². The number of hydrogen-bond donors (Lipinski definition) is 1. The Hall–Kier alpha value is -2.73. The normalized spacial score (nSPS) is 10.6. The van der Waals surface area contributed by atoms with Crippen molar-refractivity contribution in [1.29, 1.82) is 0 Å². The highest BCUT2D eigenvalue weighted by Gasteiger charge is 2.09. The van der Waals surface area contributed by atoms with Crippen molar-refractivity contribution in [3.05, 3.63) is 53.6 Å². The van der Waals surface area contributed by atoms with E-state index in [0.29, 0.717) is 31.1 Å². The smallest absolute Gasteiger partial charge is 0.234 e. The molecule has 6 nitrogen and oxygen atoms in total. The average Bonchev–Trinajstić information content (AvgIpc) is 2.68. The van der Waals surface area contributed by atoms with E-state index < -0.39 is 0 Å². The quantitative estimate of drug-likeness (QED) is 0.694. The Balaban J connectivity index is 1.76. The van der Waals surface area contributed by atoms with Gasteiger partial charge in [-0.2, -0.15) is 0 Å². The van der Waals surface area contributed by atoms with Crippen LogP contribution in [0.15, 0.2) is 42.5 Å². The van der Waals surface area contributed by atoms with Gasteiger partial charge in [0.1, 0.15) is 5.75 Å². The summed E-state index contributed by atoms with van der Waals surface area (Å²) in [5.41, 5.74) is 2.22. The third kappa shape index (κ3) is 6.49. The molecular weight excluding hydrogens is 344 g/mol. The van der Waals surface area contributed by atoms with Gasteiger partial charge in [0.25, 0.3) is 0 Å². The van der Waals surface area contributed by atoms with Gasteiger partial charge in [0, 0.05) is 13.1 Å². The van der Waals surface area contributed by atoms with Crippen molar-refractivity contribution in [2.75, 3.05) is 41.5 Å². The van der Waals surface area contributed by atoms with Crippen LogP contribution in [0.2, 0.25) is 0 Å². The van der Waals surface area contributed by atoms with Crippen LogP contribution in [0, 0.1) is 0 Å². The summed E-state index contributed by atoms with van der Waals surface area (Å²) in [5.74, 6) is 2.22. The molecule has 27 heavy (non-hydrogen) atoms. The topological polar surface area (TPSA) is 60.0 Å². The van der Waals surface area contributed by atoms with Gasteiger partial charge < -0.3 is 19.5 Å². The Morgan fingerprint density at radius 1 is 0.926 bits per heavy atom. The Kier molecular flexibility index (Phi) is 7.95. The number of nitrogens with zero attached hydrogens (tertiary/aromatic N) is 1. The van der Waals surface area contributed by atoms with Gasteiger partial charge in [0.05, 0.1) is 27.9 Å². The van der Waals surface area contributed by atoms with E-state index in [-0.39, 0.29) is 5.91 Å². The van der Waals surface area contributed by atoms with Crippen LogP contribution in [0.25, 0.3) is 0 Å². The monoisotopic (exact) mass is 372 g/mol. The van der Waals surface area contributed by atoms with E-state index in [1.807, 2.05) is 54.4 Å². The highest BCUT2D eigenvalue weighted by atomic mass is 16.5. The molecule has 2 rings (SSSR count). The highest BCUT2D eigenvalue weighted by molar-refractivity contribution is 5.77. The number of amides is 1. The molecule has 146 valence electrons. The fraction of sp³-hybridized carbons (Fsp3) is 0.381. The van der Waals surface area contributed by atoms with Crippen LogP contribution in [-0.4, -0.2) is 52.3 Å². The van der Waals surface area contributed by atoms with Crippen molar-refractivity contribution in [1.82, 2.24) is 10.2 Å². The molecule has 2 aromatic rings. The molecule has 0 unspecified atom stereocenters. The molecule has 0 saturated heterocycles. The minimum atomic E-state index is 0.00601. The maximum absolute atomic E-state index is 12.1. The maximum atomic E-state index is 12.1. The van der Waals surface area contributed by atoms with Crippen LogP contribution in [0.4, 0.5) is 0 Å². The Morgan fingerprint density at radius 2 is 1.59 bits per heavy atom. The van der Waals surface area contributed by atoms with E-state index in [1.165, 1.54) is 0 Å². The van der Waals surface area contributed by atoms with Gasteiger partial charge >= 0.3 is 0 Å². The van der Waals surface area contributed by atoms with Gasteiger partial charge in [-0.05, 0) is 48.9 Å². The average molecular weight is 372 g/mol. The number of ether oxygens (including phenoxy) is 3. The Labute approximate surface area is 161 Å². The van der Waals surface area contributed by atoms with Crippen molar-refractivity contribution < 1.29 is 19.0 Å². The van der Waals surface area contributed by atoms with Crippen LogP contribution < -0.4 is 19.5 Å². The minimum Gasteiger partial charge on any atom is -0.497 e. The molecule has 2 aromatic carbocycles. The molecule has 0 atom stereocenters. The number of rotatable bonds is 10. The Bertz CT molecular complexity index is 731. The van der Waals surface area contributed by atoms with Gasteiger partial charge in [0.2, 0.25) is 5.91 Å². The second-order valence-electron chi connectivity index (χ2n) is 6.31. The van der Waals surface area contributed by atoms with E-state index >= 15 is 0 Å². The third-order valence-corrected chi connectivity index (χ3v) is 4.21. The highest BCUT2D eigenvalue weighted by Crippen LogP contribution is 2.27. The predicted molar refractivity (Wildman–Crippen MR) is 106 cm³/mol. The third-order valence-electron chi connectivity index (χ3n) is 4.21. The molecule has 1 N–H and O–H groups in total. The number of carbonyl (C=O) groups is 1. The van der Waals surface area contributed by atoms with Crippen LogP contribution in [0.3, 0.4) is 0 Å². The van der Waals surface area contributed by atoms with Crippen molar-refractivity contribution in [3.63, 3.8) is 0 Å². The molecule has 0 spiro atoms. The van der Waals surface area contributed by atoms with Crippen molar-refractivity contribution >= 4 is 5.91 Å². The number of likely N-dealkylation sites (N-methyl/N-ethyl adjacent to an activating group) is 1. The summed E-state index contributed by atoms with van der Waals surface area (Å²) in [4.78, 5) is 14.1. The molecule has 0 heterocycles.